The number of nitrogens with two attached hydrogens (primary N) is 1. The molecule has 4 aliphatic rings. The molecule has 4 saturated carbocycles. The number of rotatable bonds is 3. The van der Waals surface area contributed by atoms with Gasteiger partial charge in [0.15, 0.2) is 0 Å². The standard InChI is InChI=1S/C18H23ClFN/c19-15-3-1-2-14(17(15)20)7-16(21)18-8-11-4-12(9-18)6-13(5-11)10-18/h1-3,11-13,16H,4-10,21H2. The lowest BCUT2D eigenvalue weighted by atomic mass is 9.47. The summed E-state index contributed by atoms with van der Waals surface area (Å²) in [7, 11) is 0. The number of benzene rings is 1. The van der Waals surface area contributed by atoms with E-state index in [9.17, 15) is 4.39 Å². The van der Waals surface area contributed by atoms with E-state index >= 15 is 0 Å². The van der Waals surface area contributed by atoms with Gasteiger partial charge in [0, 0.05) is 6.04 Å². The Balaban J connectivity index is 1.57. The zero-order valence-electron chi connectivity index (χ0n) is 12.3. The first-order chi connectivity index (χ1) is 10.1. The number of hydrogen-bond donors (Lipinski definition) is 1. The fraction of sp³-hybridized carbons (Fsp3) is 0.667. The van der Waals surface area contributed by atoms with Gasteiger partial charge in [-0.2, -0.15) is 0 Å². The Labute approximate surface area is 131 Å². The minimum atomic E-state index is -0.278. The van der Waals surface area contributed by atoms with Crippen molar-refractivity contribution >= 4 is 11.6 Å². The van der Waals surface area contributed by atoms with E-state index in [1.54, 1.807) is 6.07 Å². The van der Waals surface area contributed by atoms with Crippen LogP contribution in [0.1, 0.15) is 44.1 Å². The lowest BCUT2D eigenvalue weighted by Gasteiger charge is -2.59. The lowest BCUT2D eigenvalue weighted by molar-refractivity contribution is -0.0668. The first kappa shape index (κ1) is 14.0. The van der Waals surface area contributed by atoms with Crippen LogP contribution in [0.5, 0.6) is 0 Å². The minimum absolute atomic E-state index is 0.0684. The molecular formula is C18H23ClFN. The molecule has 0 heterocycles. The maximum Gasteiger partial charge on any atom is 0.145 e. The average molecular weight is 308 g/mol. The molecule has 21 heavy (non-hydrogen) atoms. The third-order valence-electron chi connectivity index (χ3n) is 6.34. The second-order valence-electron chi connectivity index (χ2n) is 7.80. The fourth-order valence-electron chi connectivity index (χ4n) is 5.79. The maximum absolute atomic E-state index is 14.1. The minimum Gasteiger partial charge on any atom is -0.327 e. The van der Waals surface area contributed by atoms with Crippen molar-refractivity contribution in [3.63, 3.8) is 0 Å². The van der Waals surface area contributed by atoms with Crippen LogP contribution in [0.4, 0.5) is 4.39 Å². The molecule has 5 rings (SSSR count). The van der Waals surface area contributed by atoms with E-state index in [0.717, 1.165) is 17.8 Å². The topological polar surface area (TPSA) is 26.0 Å². The molecule has 0 aliphatic heterocycles. The zero-order chi connectivity index (χ0) is 14.6. The molecule has 1 aromatic carbocycles. The first-order valence-corrected chi connectivity index (χ1v) is 8.62. The molecule has 0 amide bonds. The molecule has 4 fully saturated rings. The lowest BCUT2D eigenvalue weighted by Crippen LogP contribution is -2.55. The summed E-state index contributed by atoms with van der Waals surface area (Å²) in [6.07, 6.45) is 8.66. The highest BCUT2D eigenvalue weighted by molar-refractivity contribution is 6.30. The summed E-state index contributed by atoms with van der Waals surface area (Å²) in [6.45, 7) is 0. The predicted molar refractivity (Wildman–Crippen MR) is 83.7 cm³/mol. The van der Waals surface area contributed by atoms with E-state index < -0.39 is 0 Å². The molecule has 114 valence electrons. The molecule has 1 unspecified atom stereocenters. The Morgan fingerprint density at radius 2 is 1.71 bits per heavy atom. The predicted octanol–water partition coefficient (Wildman–Crippen LogP) is 4.57. The third-order valence-corrected chi connectivity index (χ3v) is 6.64. The van der Waals surface area contributed by atoms with Gasteiger partial charge in [-0.05, 0) is 79.7 Å². The summed E-state index contributed by atoms with van der Waals surface area (Å²) < 4.78 is 14.1. The molecule has 1 nitrogen and oxygen atoms in total. The molecule has 0 radical (unpaired) electrons. The van der Waals surface area contributed by atoms with E-state index in [1.807, 2.05) is 12.1 Å². The Morgan fingerprint density at radius 1 is 1.14 bits per heavy atom. The molecule has 2 N–H and O–H groups in total. The summed E-state index contributed by atoms with van der Waals surface area (Å²) >= 11 is 5.90. The van der Waals surface area contributed by atoms with Gasteiger partial charge in [-0.3, -0.25) is 0 Å². The zero-order valence-corrected chi connectivity index (χ0v) is 13.1. The number of halogens is 2. The van der Waals surface area contributed by atoms with Crippen LogP contribution in [0.25, 0.3) is 0 Å². The second-order valence-corrected chi connectivity index (χ2v) is 8.21. The van der Waals surface area contributed by atoms with Gasteiger partial charge >= 0.3 is 0 Å². The van der Waals surface area contributed by atoms with Gasteiger partial charge in [-0.1, -0.05) is 23.7 Å². The largest absolute Gasteiger partial charge is 0.327 e. The molecule has 1 aromatic rings. The van der Waals surface area contributed by atoms with Gasteiger partial charge in [0.1, 0.15) is 5.82 Å². The Kier molecular flexibility index (Phi) is 3.31. The van der Waals surface area contributed by atoms with Crippen LogP contribution in [-0.4, -0.2) is 6.04 Å². The molecule has 0 aromatic heterocycles. The Morgan fingerprint density at radius 3 is 2.29 bits per heavy atom. The highest BCUT2D eigenvalue weighted by Gasteiger charge is 2.53. The summed E-state index contributed by atoms with van der Waals surface area (Å²) in [4.78, 5) is 0. The van der Waals surface area contributed by atoms with Crippen molar-refractivity contribution in [2.75, 3.05) is 0 Å². The summed E-state index contributed by atoms with van der Waals surface area (Å²) in [5.74, 6) is 2.36. The number of hydrogen-bond acceptors (Lipinski definition) is 1. The van der Waals surface area contributed by atoms with Gasteiger partial charge in [-0.15, -0.1) is 0 Å². The molecule has 0 saturated heterocycles. The molecule has 4 aliphatic carbocycles. The molecular weight excluding hydrogens is 285 g/mol. The first-order valence-electron chi connectivity index (χ1n) is 8.24. The maximum atomic E-state index is 14.1. The van der Waals surface area contributed by atoms with Crippen molar-refractivity contribution in [2.45, 2.75) is 51.0 Å². The average Bonchev–Trinajstić information content (AvgIpc) is 2.42. The summed E-state index contributed by atoms with van der Waals surface area (Å²) in [5.41, 5.74) is 7.57. The molecule has 4 bridgehead atoms. The third kappa shape index (κ3) is 2.31. The SMILES string of the molecule is NC(Cc1cccc(Cl)c1F)C12CC3CC(CC(C3)C1)C2. The van der Waals surface area contributed by atoms with Gasteiger partial charge < -0.3 is 5.73 Å². The van der Waals surface area contributed by atoms with Crippen molar-refractivity contribution < 1.29 is 4.39 Å². The van der Waals surface area contributed by atoms with E-state index in [1.165, 1.54) is 38.5 Å². The normalized spacial score (nSPS) is 38.7. The van der Waals surface area contributed by atoms with Crippen molar-refractivity contribution in [2.24, 2.45) is 28.9 Å². The van der Waals surface area contributed by atoms with E-state index in [4.69, 9.17) is 17.3 Å². The van der Waals surface area contributed by atoms with E-state index in [-0.39, 0.29) is 22.3 Å². The van der Waals surface area contributed by atoms with Crippen LogP contribution < -0.4 is 5.73 Å². The van der Waals surface area contributed by atoms with Crippen molar-refractivity contribution in [1.82, 2.24) is 0 Å². The van der Waals surface area contributed by atoms with E-state index in [2.05, 4.69) is 0 Å². The molecule has 0 spiro atoms. The van der Waals surface area contributed by atoms with E-state index in [0.29, 0.717) is 12.0 Å². The smallest absolute Gasteiger partial charge is 0.145 e. The second kappa shape index (κ2) is 4.96. The fourth-order valence-corrected chi connectivity index (χ4v) is 5.99. The Bertz CT molecular complexity index is 521. The van der Waals surface area contributed by atoms with Gasteiger partial charge in [0.25, 0.3) is 0 Å². The van der Waals surface area contributed by atoms with Crippen molar-refractivity contribution in [3.05, 3.63) is 34.6 Å². The van der Waals surface area contributed by atoms with Gasteiger partial charge in [0.05, 0.1) is 5.02 Å². The highest BCUT2D eigenvalue weighted by Crippen LogP contribution is 2.61. The Hall–Kier alpha value is -0.600. The summed E-state index contributed by atoms with van der Waals surface area (Å²) in [5, 5.41) is 0.213. The van der Waals surface area contributed by atoms with Gasteiger partial charge in [-0.25, -0.2) is 4.39 Å². The quantitative estimate of drug-likeness (QED) is 0.870. The monoisotopic (exact) mass is 307 g/mol. The van der Waals surface area contributed by atoms with Crippen molar-refractivity contribution in [1.29, 1.82) is 0 Å². The van der Waals surface area contributed by atoms with Crippen LogP contribution >= 0.6 is 11.6 Å². The van der Waals surface area contributed by atoms with Crippen LogP contribution in [0.3, 0.4) is 0 Å². The summed E-state index contributed by atoms with van der Waals surface area (Å²) in [6, 6.07) is 5.34. The molecule has 3 heteroatoms. The van der Waals surface area contributed by atoms with Crippen LogP contribution in [0.2, 0.25) is 5.02 Å². The highest BCUT2D eigenvalue weighted by atomic mass is 35.5. The van der Waals surface area contributed by atoms with Crippen LogP contribution in [0, 0.1) is 29.0 Å². The molecule has 1 atom stereocenters. The van der Waals surface area contributed by atoms with Crippen molar-refractivity contribution in [3.8, 4) is 0 Å². The van der Waals surface area contributed by atoms with Crippen LogP contribution in [-0.2, 0) is 6.42 Å². The van der Waals surface area contributed by atoms with Gasteiger partial charge in [0.2, 0.25) is 0 Å². The van der Waals surface area contributed by atoms with Crippen LogP contribution in [0.15, 0.2) is 18.2 Å².